The van der Waals surface area contributed by atoms with Crippen molar-refractivity contribution in [3.63, 3.8) is 0 Å². The Labute approximate surface area is 175 Å². The lowest BCUT2D eigenvalue weighted by atomic mass is 10.1. The molecule has 1 aromatic carbocycles. The van der Waals surface area contributed by atoms with E-state index in [1.807, 2.05) is 43.3 Å². The number of amides is 1. The predicted molar refractivity (Wildman–Crippen MR) is 116 cm³/mol. The molecule has 3 aromatic rings. The third-order valence-corrected chi connectivity index (χ3v) is 4.87. The van der Waals surface area contributed by atoms with E-state index < -0.39 is 0 Å². The van der Waals surface area contributed by atoms with Crippen LogP contribution in [0.4, 0.5) is 17.3 Å². The van der Waals surface area contributed by atoms with E-state index in [2.05, 4.69) is 30.5 Å². The Morgan fingerprint density at radius 2 is 1.90 bits per heavy atom. The van der Waals surface area contributed by atoms with Crippen LogP contribution in [0.2, 0.25) is 0 Å². The van der Waals surface area contributed by atoms with E-state index in [1.54, 1.807) is 18.6 Å². The second kappa shape index (κ2) is 9.43. The summed E-state index contributed by atoms with van der Waals surface area (Å²) in [5.74, 6) is 0.451. The number of nitrogens with zero attached hydrogens (tertiary/aromatic N) is 4. The van der Waals surface area contributed by atoms with Crippen LogP contribution in [0.3, 0.4) is 0 Å². The van der Waals surface area contributed by atoms with Crippen LogP contribution in [0.5, 0.6) is 0 Å². The summed E-state index contributed by atoms with van der Waals surface area (Å²) < 4.78 is 5.33. The molecule has 1 amide bonds. The zero-order valence-corrected chi connectivity index (χ0v) is 16.8. The number of hydrogen-bond donors (Lipinski definition) is 2. The minimum Gasteiger partial charge on any atom is -0.379 e. The molecule has 8 nitrogen and oxygen atoms in total. The highest BCUT2D eigenvalue weighted by Gasteiger charge is 2.14. The van der Waals surface area contributed by atoms with Gasteiger partial charge in [-0.3, -0.25) is 14.7 Å². The molecular formula is C22H24N6O2. The minimum atomic E-state index is -0.0392. The second-order valence-electron chi connectivity index (χ2n) is 7.09. The lowest BCUT2D eigenvalue weighted by Crippen LogP contribution is -2.41. The van der Waals surface area contributed by atoms with Crippen molar-refractivity contribution < 1.29 is 9.53 Å². The topological polar surface area (TPSA) is 92.3 Å². The molecule has 1 fully saturated rings. The molecule has 1 aliphatic rings. The first-order valence-electron chi connectivity index (χ1n) is 9.88. The molecule has 154 valence electrons. The van der Waals surface area contributed by atoms with Crippen molar-refractivity contribution in [2.75, 3.05) is 43.5 Å². The summed E-state index contributed by atoms with van der Waals surface area (Å²) >= 11 is 0. The van der Waals surface area contributed by atoms with Crippen LogP contribution in [0.25, 0.3) is 11.3 Å². The molecule has 1 saturated heterocycles. The number of morpholine rings is 1. The number of ether oxygens (including phenoxy) is 1. The van der Waals surface area contributed by atoms with Gasteiger partial charge in [0.2, 0.25) is 11.9 Å². The first-order chi connectivity index (χ1) is 14.7. The summed E-state index contributed by atoms with van der Waals surface area (Å²) in [6.07, 6.45) is 5.18. The average Bonchev–Trinajstić information content (AvgIpc) is 2.77. The maximum atomic E-state index is 12.4. The Morgan fingerprint density at radius 1 is 1.10 bits per heavy atom. The average molecular weight is 404 g/mol. The number of pyridine rings is 1. The van der Waals surface area contributed by atoms with Crippen molar-refractivity contribution in [1.82, 2.24) is 19.9 Å². The Balaban J connectivity index is 1.45. The maximum Gasteiger partial charge on any atom is 0.238 e. The summed E-state index contributed by atoms with van der Waals surface area (Å²) in [4.78, 5) is 27.4. The highest BCUT2D eigenvalue weighted by Crippen LogP contribution is 2.24. The third kappa shape index (κ3) is 5.16. The lowest BCUT2D eigenvalue weighted by Gasteiger charge is -2.25. The molecule has 4 rings (SSSR count). The fourth-order valence-electron chi connectivity index (χ4n) is 3.22. The Morgan fingerprint density at radius 3 is 2.70 bits per heavy atom. The van der Waals surface area contributed by atoms with Gasteiger partial charge in [-0.1, -0.05) is 6.07 Å². The van der Waals surface area contributed by atoms with Crippen LogP contribution in [0.1, 0.15) is 5.56 Å². The van der Waals surface area contributed by atoms with Crippen molar-refractivity contribution in [3.8, 4) is 11.3 Å². The number of carbonyl (C=O) groups is 1. The van der Waals surface area contributed by atoms with E-state index in [0.717, 1.165) is 41.3 Å². The maximum absolute atomic E-state index is 12.4. The smallest absolute Gasteiger partial charge is 0.238 e. The number of nitrogens with one attached hydrogen (secondary N) is 2. The Hall–Kier alpha value is -3.36. The van der Waals surface area contributed by atoms with Gasteiger partial charge in [-0.2, -0.15) is 0 Å². The van der Waals surface area contributed by atoms with Crippen LogP contribution in [-0.2, 0) is 9.53 Å². The van der Waals surface area contributed by atoms with E-state index in [4.69, 9.17) is 4.74 Å². The first-order valence-corrected chi connectivity index (χ1v) is 9.88. The van der Waals surface area contributed by atoms with Crippen molar-refractivity contribution in [3.05, 3.63) is 60.6 Å². The third-order valence-electron chi connectivity index (χ3n) is 4.87. The van der Waals surface area contributed by atoms with Gasteiger partial charge in [0.15, 0.2) is 0 Å². The fraction of sp³-hybridized carbons (Fsp3) is 0.273. The van der Waals surface area contributed by atoms with Crippen LogP contribution < -0.4 is 10.6 Å². The molecule has 2 N–H and O–H groups in total. The molecule has 30 heavy (non-hydrogen) atoms. The van der Waals surface area contributed by atoms with Crippen LogP contribution in [0.15, 0.2) is 55.0 Å². The summed E-state index contributed by atoms with van der Waals surface area (Å²) in [5, 5.41) is 6.23. The molecule has 8 heteroatoms. The van der Waals surface area contributed by atoms with E-state index in [0.29, 0.717) is 25.7 Å². The number of rotatable bonds is 6. The van der Waals surface area contributed by atoms with E-state index in [-0.39, 0.29) is 5.91 Å². The van der Waals surface area contributed by atoms with Crippen molar-refractivity contribution >= 4 is 23.2 Å². The zero-order chi connectivity index (χ0) is 20.8. The molecular weight excluding hydrogens is 380 g/mol. The van der Waals surface area contributed by atoms with Gasteiger partial charge >= 0.3 is 0 Å². The molecule has 0 unspecified atom stereocenters. The number of benzene rings is 1. The molecule has 0 saturated carbocycles. The van der Waals surface area contributed by atoms with Gasteiger partial charge in [-0.15, -0.1) is 0 Å². The highest BCUT2D eigenvalue weighted by atomic mass is 16.5. The highest BCUT2D eigenvalue weighted by molar-refractivity contribution is 5.93. The van der Waals surface area contributed by atoms with Crippen LogP contribution in [-0.4, -0.2) is 58.6 Å². The van der Waals surface area contributed by atoms with Gasteiger partial charge in [-0.05, 0) is 42.8 Å². The van der Waals surface area contributed by atoms with Gasteiger partial charge < -0.3 is 15.4 Å². The van der Waals surface area contributed by atoms with E-state index >= 15 is 0 Å². The lowest BCUT2D eigenvalue weighted by molar-refractivity contribution is -0.118. The van der Waals surface area contributed by atoms with Crippen molar-refractivity contribution in [1.29, 1.82) is 0 Å². The summed E-state index contributed by atoms with van der Waals surface area (Å²) in [6.45, 7) is 5.25. The van der Waals surface area contributed by atoms with Crippen molar-refractivity contribution in [2.45, 2.75) is 6.92 Å². The number of aromatic nitrogens is 3. The van der Waals surface area contributed by atoms with Gasteiger partial charge in [0.05, 0.1) is 25.5 Å². The van der Waals surface area contributed by atoms with Gasteiger partial charge in [0.1, 0.15) is 0 Å². The predicted octanol–water partition coefficient (Wildman–Crippen LogP) is 2.86. The number of carbonyl (C=O) groups excluding carboxylic acids is 1. The molecule has 0 radical (unpaired) electrons. The fourth-order valence-corrected chi connectivity index (χ4v) is 3.22. The molecule has 0 bridgehead atoms. The van der Waals surface area contributed by atoms with Gasteiger partial charge in [-0.25, -0.2) is 9.97 Å². The van der Waals surface area contributed by atoms with E-state index in [9.17, 15) is 4.79 Å². The second-order valence-corrected chi connectivity index (χ2v) is 7.09. The Kier molecular flexibility index (Phi) is 6.26. The number of anilines is 3. The summed E-state index contributed by atoms with van der Waals surface area (Å²) in [5.41, 5.74) is 4.37. The molecule has 2 aromatic heterocycles. The summed E-state index contributed by atoms with van der Waals surface area (Å²) in [7, 11) is 0. The van der Waals surface area contributed by atoms with Gasteiger partial charge in [0.25, 0.3) is 0 Å². The summed E-state index contributed by atoms with van der Waals surface area (Å²) in [6, 6.07) is 11.4. The zero-order valence-electron chi connectivity index (χ0n) is 16.8. The molecule has 3 heterocycles. The molecule has 0 spiro atoms. The largest absolute Gasteiger partial charge is 0.379 e. The quantitative estimate of drug-likeness (QED) is 0.653. The standard InChI is InChI=1S/C22H24N6O2/c1-16-2-3-18(25-21(29)15-28-10-12-30-13-11-28)14-20(16)27-22-24-9-6-19(26-22)17-4-7-23-8-5-17/h2-9,14H,10-13,15H2,1H3,(H,25,29)(H,24,26,27). The Bertz CT molecular complexity index is 1010. The minimum absolute atomic E-state index is 0.0392. The van der Waals surface area contributed by atoms with Gasteiger partial charge in [0, 0.05) is 48.6 Å². The SMILES string of the molecule is Cc1ccc(NC(=O)CN2CCOCC2)cc1Nc1nccc(-c2ccncc2)n1. The molecule has 1 aliphatic heterocycles. The van der Waals surface area contributed by atoms with Crippen LogP contribution in [0, 0.1) is 6.92 Å². The molecule has 0 atom stereocenters. The monoisotopic (exact) mass is 404 g/mol. The van der Waals surface area contributed by atoms with Crippen molar-refractivity contribution in [2.24, 2.45) is 0 Å². The van der Waals surface area contributed by atoms with Crippen LogP contribution >= 0.6 is 0 Å². The first kappa shape index (κ1) is 19.9. The van der Waals surface area contributed by atoms with E-state index in [1.165, 1.54) is 0 Å². The normalized spacial score (nSPS) is 14.3. The molecule has 0 aliphatic carbocycles. The number of hydrogen-bond acceptors (Lipinski definition) is 7. The number of aryl methyl sites for hydroxylation is 1.